The first-order valence-electron chi connectivity index (χ1n) is 5.64. The second-order valence-electron chi connectivity index (χ2n) is 4.02. The normalized spacial score (nSPS) is 15.3. The molecule has 3 heterocycles. The Morgan fingerprint density at radius 1 is 1.22 bits per heavy atom. The molecule has 3 rings (SSSR count). The smallest absolute Gasteiger partial charge is 0.230 e. The first kappa shape index (κ1) is 12.3. The Balaban J connectivity index is 2.03. The molecule has 1 fully saturated rings. The minimum absolute atomic E-state index is 0.252. The van der Waals surface area contributed by atoms with E-state index in [4.69, 9.17) is 11.6 Å². The van der Waals surface area contributed by atoms with Crippen molar-refractivity contribution in [3.63, 3.8) is 0 Å². The molecular formula is C11H10BrClN4S. The number of hydrogen-bond donors (Lipinski definition) is 0. The van der Waals surface area contributed by atoms with Gasteiger partial charge in [-0.3, -0.25) is 0 Å². The first-order valence-corrected chi connectivity index (χ1v) is 7.69. The van der Waals surface area contributed by atoms with Crippen molar-refractivity contribution >= 4 is 44.8 Å². The van der Waals surface area contributed by atoms with Crippen LogP contribution in [0.15, 0.2) is 15.9 Å². The molecule has 0 N–H and O–H groups in total. The molecule has 94 valence electrons. The summed E-state index contributed by atoms with van der Waals surface area (Å²) in [5.74, 6) is 1.32. The van der Waals surface area contributed by atoms with E-state index < -0.39 is 0 Å². The molecule has 1 saturated heterocycles. The first-order chi connectivity index (χ1) is 8.74. The predicted octanol–water partition coefficient (Wildman–Crippen LogP) is 3.62. The van der Waals surface area contributed by atoms with Crippen molar-refractivity contribution < 1.29 is 0 Å². The molecule has 0 aromatic carbocycles. The van der Waals surface area contributed by atoms with Crippen LogP contribution in [0.5, 0.6) is 0 Å². The zero-order valence-electron chi connectivity index (χ0n) is 9.44. The van der Waals surface area contributed by atoms with Crippen molar-refractivity contribution in [2.24, 2.45) is 0 Å². The van der Waals surface area contributed by atoms with Crippen LogP contribution in [-0.4, -0.2) is 28.0 Å². The summed E-state index contributed by atoms with van der Waals surface area (Å²) in [4.78, 5) is 16.1. The van der Waals surface area contributed by atoms with Gasteiger partial charge in [-0.15, -0.1) is 11.3 Å². The minimum Gasteiger partial charge on any atom is -0.341 e. The molecule has 0 radical (unpaired) electrons. The standard InChI is InChI=1S/C11H10BrClN4S/c12-7-3-6-18-8(7)9-14-10(13)16-11(15-9)17-4-1-2-5-17/h3,6H,1-2,4-5H2. The van der Waals surface area contributed by atoms with Crippen LogP contribution in [0, 0.1) is 0 Å². The average molecular weight is 346 g/mol. The quantitative estimate of drug-likeness (QED) is 0.834. The summed E-state index contributed by atoms with van der Waals surface area (Å²) in [6.45, 7) is 1.98. The van der Waals surface area contributed by atoms with Gasteiger partial charge in [-0.25, -0.2) is 0 Å². The third-order valence-electron chi connectivity index (χ3n) is 2.81. The van der Waals surface area contributed by atoms with Crippen molar-refractivity contribution in [1.29, 1.82) is 0 Å². The fraction of sp³-hybridized carbons (Fsp3) is 0.364. The van der Waals surface area contributed by atoms with Crippen LogP contribution in [0.2, 0.25) is 5.28 Å². The fourth-order valence-corrected chi connectivity index (χ4v) is 3.59. The number of anilines is 1. The van der Waals surface area contributed by atoms with Gasteiger partial charge in [-0.2, -0.15) is 15.0 Å². The number of nitrogens with zero attached hydrogens (tertiary/aromatic N) is 4. The van der Waals surface area contributed by atoms with Crippen LogP contribution in [0.4, 0.5) is 5.95 Å². The zero-order chi connectivity index (χ0) is 12.5. The number of aromatic nitrogens is 3. The summed E-state index contributed by atoms with van der Waals surface area (Å²) in [6, 6.07) is 1.98. The zero-order valence-corrected chi connectivity index (χ0v) is 12.6. The summed E-state index contributed by atoms with van der Waals surface area (Å²) in [5, 5.41) is 2.24. The molecule has 2 aromatic rings. The van der Waals surface area contributed by atoms with Gasteiger partial charge in [0.2, 0.25) is 11.2 Å². The molecule has 0 atom stereocenters. The molecule has 0 saturated carbocycles. The van der Waals surface area contributed by atoms with Gasteiger partial charge in [0.15, 0.2) is 5.82 Å². The maximum atomic E-state index is 6.00. The monoisotopic (exact) mass is 344 g/mol. The SMILES string of the molecule is Clc1nc(-c2sccc2Br)nc(N2CCCC2)n1. The van der Waals surface area contributed by atoms with Crippen LogP contribution in [-0.2, 0) is 0 Å². The lowest BCUT2D eigenvalue weighted by Gasteiger charge is -2.15. The molecule has 1 aliphatic heterocycles. The molecule has 0 bridgehead atoms. The molecule has 0 spiro atoms. The highest BCUT2D eigenvalue weighted by atomic mass is 79.9. The topological polar surface area (TPSA) is 41.9 Å². The lowest BCUT2D eigenvalue weighted by atomic mass is 10.4. The summed E-state index contributed by atoms with van der Waals surface area (Å²) in [6.07, 6.45) is 2.36. The lowest BCUT2D eigenvalue weighted by molar-refractivity contribution is 0.883. The van der Waals surface area contributed by atoms with Crippen LogP contribution in [0.1, 0.15) is 12.8 Å². The number of rotatable bonds is 2. The van der Waals surface area contributed by atoms with Gasteiger partial charge in [0.1, 0.15) is 0 Å². The summed E-state index contributed by atoms with van der Waals surface area (Å²) in [5.41, 5.74) is 0. The molecular weight excluding hydrogens is 336 g/mol. The highest BCUT2D eigenvalue weighted by Crippen LogP contribution is 2.32. The van der Waals surface area contributed by atoms with Crippen molar-refractivity contribution in [3.8, 4) is 10.7 Å². The third-order valence-corrected chi connectivity index (χ3v) is 4.81. The van der Waals surface area contributed by atoms with Gasteiger partial charge in [0.05, 0.1) is 4.88 Å². The van der Waals surface area contributed by atoms with E-state index in [1.165, 1.54) is 12.8 Å². The van der Waals surface area contributed by atoms with Crippen molar-refractivity contribution in [2.75, 3.05) is 18.0 Å². The Kier molecular flexibility index (Phi) is 3.50. The van der Waals surface area contributed by atoms with E-state index in [1.54, 1.807) is 11.3 Å². The molecule has 2 aromatic heterocycles. The lowest BCUT2D eigenvalue weighted by Crippen LogP contribution is -2.21. The van der Waals surface area contributed by atoms with Gasteiger partial charge in [0.25, 0.3) is 0 Å². The van der Waals surface area contributed by atoms with Gasteiger partial charge < -0.3 is 4.90 Å². The fourth-order valence-electron chi connectivity index (χ4n) is 1.95. The second kappa shape index (κ2) is 5.11. The maximum absolute atomic E-state index is 6.00. The minimum atomic E-state index is 0.252. The number of thiophene rings is 1. The van der Waals surface area contributed by atoms with E-state index >= 15 is 0 Å². The maximum Gasteiger partial charge on any atom is 0.230 e. The van der Waals surface area contributed by atoms with Crippen molar-refractivity contribution in [3.05, 3.63) is 21.2 Å². The Hall–Kier alpha value is -0.720. The molecule has 7 heteroatoms. The Labute approximate surface area is 122 Å². The van der Waals surface area contributed by atoms with Gasteiger partial charge in [-0.1, -0.05) is 0 Å². The predicted molar refractivity (Wildman–Crippen MR) is 77.3 cm³/mol. The van der Waals surface area contributed by atoms with E-state index in [9.17, 15) is 0 Å². The van der Waals surface area contributed by atoms with E-state index in [1.807, 2.05) is 11.4 Å². The average Bonchev–Trinajstić information content (AvgIpc) is 2.98. The summed E-state index contributed by atoms with van der Waals surface area (Å²) < 4.78 is 0.988. The Bertz CT molecular complexity index is 568. The van der Waals surface area contributed by atoms with Crippen molar-refractivity contribution in [2.45, 2.75) is 12.8 Å². The molecule has 0 unspecified atom stereocenters. The molecule has 18 heavy (non-hydrogen) atoms. The van der Waals surface area contributed by atoms with E-state index in [2.05, 4.69) is 35.8 Å². The van der Waals surface area contributed by atoms with Crippen LogP contribution in [0.3, 0.4) is 0 Å². The highest BCUT2D eigenvalue weighted by Gasteiger charge is 2.18. The second-order valence-corrected chi connectivity index (χ2v) is 6.13. The summed E-state index contributed by atoms with van der Waals surface area (Å²) in [7, 11) is 0. The molecule has 0 amide bonds. The highest BCUT2D eigenvalue weighted by molar-refractivity contribution is 9.10. The van der Waals surface area contributed by atoms with Crippen LogP contribution >= 0.6 is 38.9 Å². The third kappa shape index (κ3) is 2.37. The van der Waals surface area contributed by atoms with E-state index in [-0.39, 0.29) is 5.28 Å². The van der Waals surface area contributed by atoms with Crippen LogP contribution in [0.25, 0.3) is 10.7 Å². The van der Waals surface area contributed by atoms with Gasteiger partial charge in [0, 0.05) is 17.6 Å². The molecule has 4 nitrogen and oxygen atoms in total. The Morgan fingerprint density at radius 3 is 2.67 bits per heavy atom. The van der Waals surface area contributed by atoms with Gasteiger partial charge >= 0.3 is 0 Å². The largest absolute Gasteiger partial charge is 0.341 e. The summed E-state index contributed by atoms with van der Waals surface area (Å²) >= 11 is 11.1. The number of hydrogen-bond acceptors (Lipinski definition) is 5. The Morgan fingerprint density at radius 2 is 2.00 bits per heavy atom. The van der Waals surface area contributed by atoms with Crippen LogP contribution < -0.4 is 4.90 Å². The van der Waals surface area contributed by atoms with Crippen molar-refractivity contribution in [1.82, 2.24) is 15.0 Å². The van der Waals surface area contributed by atoms with E-state index in [0.717, 1.165) is 22.4 Å². The van der Waals surface area contributed by atoms with E-state index in [0.29, 0.717) is 11.8 Å². The number of halogens is 2. The molecule has 0 aliphatic carbocycles. The van der Waals surface area contributed by atoms with Gasteiger partial charge in [-0.05, 0) is 51.8 Å². The molecule has 1 aliphatic rings.